The number of unbranched alkanes of at least 4 members (excludes halogenated alkanes) is 9. The Morgan fingerprint density at radius 3 is 1.98 bits per heavy atom. The van der Waals surface area contributed by atoms with Crippen LogP contribution in [-0.2, 0) is 18.4 Å². The second-order valence-corrected chi connectivity index (χ2v) is 12.9. The zero-order valence-electron chi connectivity index (χ0n) is 26.0. The van der Waals surface area contributed by atoms with E-state index >= 15 is 0 Å². The molecule has 0 aromatic carbocycles. The van der Waals surface area contributed by atoms with Gasteiger partial charge in [-0.3, -0.25) is 9.36 Å². The average molecular weight is 587 g/mol. The molecule has 0 fully saturated rings. The summed E-state index contributed by atoms with van der Waals surface area (Å²) in [4.78, 5) is 24.7. The molecule has 0 rings (SSSR count). The molecule has 0 spiro atoms. The van der Waals surface area contributed by atoms with Crippen molar-refractivity contribution in [2.24, 2.45) is 0 Å². The van der Waals surface area contributed by atoms with Gasteiger partial charge in [0.1, 0.15) is 13.2 Å². The lowest BCUT2D eigenvalue weighted by Crippen LogP contribution is -2.45. The van der Waals surface area contributed by atoms with Crippen LogP contribution in [0.4, 0.5) is 0 Å². The summed E-state index contributed by atoms with van der Waals surface area (Å²) in [5, 5.41) is 13.4. The van der Waals surface area contributed by atoms with Gasteiger partial charge >= 0.3 is 0 Å². The first-order chi connectivity index (χ1) is 19.0. The maximum Gasteiger partial charge on any atom is 0.268 e. The average Bonchev–Trinajstić information content (AvgIpc) is 2.88. The predicted octanol–water partition coefficient (Wildman–Crippen LogP) is 6.21. The molecule has 1 amide bonds. The molecule has 0 aliphatic carbocycles. The summed E-state index contributed by atoms with van der Waals surface area (Å²) < 4.78 is 22.8. The number of quaternary nitrogens is 1. The molecule has 0 aliphatic heterocycles. The number of nitrogens with zero attached hydrogens (tertiary/aromatic N) is 1. The van der Waals surface area contributed by atoms with Gasteiger partial charge in [0.05, 0.1) is 39.9 Å². The molecule has 0 saturated heterocycles. The standard InChI is InChI=1S/C31H59N2O6P/c1-6-8-10-12-13-14-15-16-17-18-19-20-21-22-24-30(34)29(32-31(35)25-23-11-9-7-2)28-39-40(36,37)38-27-26-33(3,4)5/h14-15,18-19,22,24,29-30,34H,6-13,16-17,20-21,23,25-28H2,1-5H3,(H-,32,35,36,37)/b15-14+,19-18+,24-22+. The number of phosphoric acid groups is 1. The van der Waals surface area contributed by atoms with E-state index in [1.807, 2.05) is 27.2 Å². The van der Waals surface area contributed by atoms with E-state index in [1.165, 1.54) is 25.7 Å². The minimum atomic E-state index is -4.57. The predicted molar refractivity (Wildman–Crippen MR) is 164 cm³/mol. The summed E-state index contributed by atoms with van der Waals surface area (Å²) in [7, 11) is 1.22. The highest BCUT2D eigenvalue weighted by atomic mass is 31.2. The molecular formula is C31H59N2O6P. The highest BCUT2D eigenvalue weighted by Gasteiger charge is 2.23. The number of hydrogen-bond donors (Lipinski definition) is 2. The minimum absolute atomic E-state index is 0.00988. The number of aliphatic hydroxyl groups is 1. The number of carbonyl (C=O) groups is 1. The molecule has 0 saturated carbocycles. The first kappa shape index (κ1) is 38.7. The Morgan fingerprint density at radius 1 is 0.850 bits per heavy atom. The lowest BCUT2D eigenvalue weighted by atomic mass is 10.1. The van der Waals surface area contributed by atoms with Crippen LogP contribution in [0.25, 0.3) is 0 Å². The number of phosphoric ester groups is 1. The largest absolute Gasteiger partial charge is 0.756 e. The summed E-state index contributed by atoms with van der Waals surface area (Å²) in [5.74, 6) is -0.234. The molecule has 234 valence electrons. The van der Waals surface area contributed by atoms with Crippen LogP contribution in [-0.4, -0.2) is 68.5 Å². The van der Waals surface area contributed by atoms with E-state index in [-0.39, 0.29) is 12.5 Å². The van der Waals surface area contributed by atoms with Crippen molar-refractivity contribution in [3.05, 3.63) is 36.5 Å². The molecule has 0 aliphatic rings. The van der Waals surface area contributed by atoms with E-state index in [9.17, 15) is 19.4 Å². The third-order valence-electron chi connectivity index (χ3n) is 6.33. The Bertz CT molecular complexity index is 763. The monoisotopic (exact) mass is 586 g/mol. The SMILES string of the molecule is CCCCCC/C=C/CC/C=C/CC/C=C/C(O)C(COP(=O)([O-])OCC[N+](C)(C)C)NC(=O)CCCCCC. The van der Waals surface area contributed by atoms with Gasteiger partial charge in [-0.15, -0.1) is 0 Å². The van der Waals surface area contributed by atoms with Crippen molar-refractivity contribution < 1.29 is 32.9 Å². The summed E-state index contributed by atoms with van der Waals surface area (Å²) in [6.45, 7) is 4.41. The molecule has 0 aromatic rings. The number of amides is 1. The molecular weight excluding hydrogens is 527 g/mol. The van der Waals surface area contributed by atoms with Crippen molar-refractivity contribution in [2.75, 3.05) is 40.9 Å². The van der Waals surface area contributed by atoms with Crippen LogP contribution in [0.15, 0.2) is 36.5 Å². The summed E-state index contributed by atoms with van der Waals surface area (Å²) in [6.07, 6.45) is 25.3. The first-order valence-corrected chi connectivity index (χ1v) is 16.8. The van der Waals surface area contributed by atoms with Crippen LogP contribution in [0.5, 0.6) is 0 Å². The van der Waals surface area contributed by atoms with Gasteiger partial charge in [0, 0.05) is 6.42 Å². The molecule has 3 unspecified atom stereocenters. The highest BCUT2D eigenvalue weighted by Crippen LogP contribution is 2.38. The van der Waals surface area contributed by atoms with Crippen LogP contribution in [0, 0.1) is 0 Å². The molecule has 0 aromatic heterocycles. The Hall–Kier alpha value is -1.28. The Morgan fingerprint density at radius 2 is 1.40 bits per heavy atom. The zero-order valence-corrected chi connectivity index (χ0v) is 26.9. The van der Waals surface area contributed by atoms with Gasteiger partial charge in [-0.05, 0) is 44.9 Å². The van der Waals surface area contributed by atoms with Crippen molar-refractivity contribution >= 4 is 13.7 Å². The molecule has 0 bridgehead atoms. The number of allylic oxidation sites excluding steroid dienone is 5. The van der Waals surface area contributed by atoms with Crippen LogP contribution >= 0.6 is 7.82 Å². The fourth-order valence-electron chi connectivity index (χ4n) is 3.77. The third kappa shape index (κ3) is 25.7. The number of nitrogens with one attached hydrogen (secondary N) is 1. The first-order valence-electron chi connectivity index (χ1n) is 15.4. The van der Waals surface area contributed by atoms with Gasteiger partial charge in [0.2, 0.25) is 5.91 Å². The van der Waals surface area contributed by atoms with Crippen LogP contribution in [0.1, 0.15) is 104 Å². The van der Waals surface area contributed by atoms with E-state index in [1.54, 1.807) is 6.08 Å². The molecule has 0 radical (unpaired) electrons. The summed E-state index contributed by atoms with van der Waals surface area (Å²) >= 11 is 0. The maximum absolute atomic E-state index is 12.4. The Kier molecular flexibility index (Phi) is 23.6. The number of rotatable bonds is 26. The van der Waals surface area contributed by atoms with E-state index in [2.05, 4.69) is 43.5 Å². The normalized spacial score (nSPS) is 15.7. The topological polar surface area (TPSA) is 108 Å². The molecule has 8 nitrogen and oxygen atoms in total. The molecule has 3 atom stereocenters. The van der Waals surface area contributed by atoms with Crippen molar-refractivity contribution in [2.45, 2.75) is 116 Å². The number of likely N-dealkylation sites (N-methyl/N-ethyl adjacent to an activating group) is 1. The van der Waals surface area contributed by atoms with Gasteiger partial charge in [-0.1, -0.05) is 88.8 Å². The zero-order chi connectivity index (χ0) is 30.1. The fourth-order valence-corrected chi connectivity index (χ4v) is 4.49. The highest BCUT2D eigenvalue weighted by molar-refractivity contribution is 7.45. The van der Waals surface area contributed by atoms with Gasteiger partial charge < -0.3 is 28.8 Å². The quantitative estimate of drug-likeness (QED) is 0.0540. The maximum atomic E-state index is 12.4. The molecule has 40 heavy (non-hydrogen) atoms. The van der Waals surface area contributed by atoms with Crippen LogP contribution in [0.2, 0.25) is 0 Å². The van der Waals surface area contributed by atoms with Crippen molar-refractivity contribution in [3.8, 4) is 0 Å². The second-order valence-electron chi connectivity index (χ2n) is 11.4. The van der Waals surface area contributed by atoms with Gasteiger partial charge in [-0.25, -0.2) is 0 Å². The lowest BCUT2D eigenvalue weighted by molar-refractivity contribution is -0.870. The fraction of sp³-hybridized carbons (Fsp3) is 0.774. The van der Waals surface area contributed by atoms with Crippen molar-refractivity contribution in [1.29, 1.82) is 0 Å². The number of carbonyl (C=O) groups excluding carboxylic acids is 1. The van der Waals surface area contributed by atoms with Crippen LogP contribution < -0.4 is 10.2 Å². The Labute approximate surface area is 245 Å². The third-order valence-corrected chi connectivity index (χ3v) is 7.29. The van der Waals surface area contributed by atoms with Gasteiger partial charge in [0.25, 0.3) is 7.82 Å². The van der Waals surface area contributed by atoms with E-state index < -0.39 is 26.6 Å². The summed E-state index contributed by atoms with van der Waals surface area (Å²) in [6, 6.07) is -0.900. The number of hydrogen-bond acceptors (Lipinski definition) is 6. The molecule has 0 heterocycles. The van der Waals surface area contributed by atoms with Crippen molar-refractivity contribution in [3.63, 3.8) is 0 Å². The second kappa shape index (κ2) is 24.3. The minimum Gasteiger partial charge on any atom is -0.756 e. The number of aliphatic hydroxyl groups excluding tert-OH is 1. The summed E-state index contributed by atoms with van der Waals surface area (Å²) in [5.41, 5.74) is 0. The molecule has 2 N–H and O–H groups in total. The lowest BCUT2D eigenvalue weighted by Gasteiger charge is -2.29. The van der Waals surface area contributed by atoms with E-state index in [4.69, 9.17) is 9.05 Å². The molecule has 9 heteroatoms. The van der Waals surface area contributed by atoms with Crippen LogP contribution in [0.3, 0.4) is 0 Å². The van der Waals surface area contributed by atoms with E-state index in [0.29, 0.717) is 17.4 Å². The smallest absolute Gasteiger partial charge is 0.268 e. The van der Waals surface area contributed by atoms with Gasteiger partial charge in [0.15, 0.2) is 0 Å². The van der Waals surface area contributed by atoms with Crippen molar-refractivity contribution in [1.82, 2.24) is 5.32 Å². The van der Waals surface area contributed by atoms with E-state index in [0.717, 1.165) is 57.8 Å². The Balaban J connectivity index is 4.65. The van der Waals surface area contributed by atoms with Gasteiger partial charge in [-0.2, -0.15) is 0 Å².